The largest absolute Gasteiger partial charge is 0.313 e. The van der Waals surface area contributed by atoms with Crippen molar-refractivity contribution in [1.82, 2.24) is 10.2 Å². The van der Waals surface area contributed by atoms with E-state index in [-0.39, 0.29) is 0 Å². The predicted molar refractivity (Wildman–Crippen MR) is 76.4 cm³/mol. The van der Waals surface area contributed by atoms with Crippen LogP contribution in [0.15, 0.2) is 0 Å². The molecule has 2 heteroatoms. The third-order valence-electron chi connectivity index (χ3n) is 4.98. The molecule has 0 spiro atoms. The minimum Gasteiger partial charge on any atom is -0.313 e. The molecule has 1 aliphatic rings. The second-order valence-electron chi connectivity index (χ2n) is 5.91. The highest BCUT2D eigenvalue weighted by Gasteiger charge is 2.37. The minimum absolute atomic E-state index is 0.610. The predicted octanol–water partition coefficient (Wildman–Crippen LogP) is 3.28. The van der Waals surface area contributed by atoms with Crippen molar-refractivity contribution in [1.29, 1.82) is 0 Å². The number of rotatable bonds is 7. The van der Waals surface area contributed by atoms with Crippen LogP contribution in [0.5, 0.6) is 0 Å². The maximum Gasteiger partial charge on any atom is 0.0218 e. The zero-order valence-corrected chi connectivity index (χ0v) is 12.6. The van der Waals surface area contributed by atoms with Crippen molar-refractivity contribution in [3.8, 4) is 0 Å². The Morgan fingerprint density at radius 2 is 1.82 bits per heavy atom. The van der Waals surface area contributed by atoms with E-state index in [1.54, 1.807) is 0 Å². The summed E-state index contributed by atoms with van der Waals surface area (Å²) in [5.74, 6) is 0. The van der Waals surface area contributed by atoms with E-state index in [1.165, 1.54) is 38.8 Å². The lowest BCUT2D eigenvalue weighted by atomic mass is 9.82. The zero-order valence-electron chi connectivity index (χ0n) is 12.6. The van der Waals surface area contributed by atoms with Gasteiger partial charge in [-0.1, -0.05) is 20.8 Å². The quantitative estimate of drug-likeness (QED) is 0.735. The molecule has 1 aliphatic heterocycles. The molecule has 102 valence electrons. The number of hydrogen-bond acceptors (Lipinski definition) is 2. The van der Waals surface area contributed by atoms with Crippen LogP contribution in [0, 0.1) is 5.41 Å². The lowest BCUT2D eigenvalue weighted by molar-refractivity contribution is 0.176. The first-order chi connectivity index (χ1) is 8.08. The lowest BCUT2D eigenvalue weighted by Crippen LogP contribution is -2.46. The molecule has 0 aromatic carbocycles. The second kappa shape index (κ2) is 6.75. The van der Waals surface area contributed by atoms with Crippen molar-refractivity contribution in [2.24, 2.45) is 5.41 Å². The van der Waals surface area contributed by atoms with E-state index >= 15 is 0 Å². The van der Waals surface area contributed by atoms with Crippen molar-refractivity contribution in [3.63, 3.8) is 0 Å². The number of hydrogen-bond donors (Lipinski definition) is 1. The van der Waals surface area contributed by atoms with Gasteiger partial charge in [0, 0.05) is 18.6 Å². The highest BCUT2D eigenvalue weighted by atomic mass is 15.2. The highest BCUT2D eigenvalue weighted by molar-refractivity contribution is 4.92. The van der Waals surface area contributed by atoms with Crippen LogP contribution < -0.4 is 5.32 Å². The van der Waals surface area contributed by atoms with Crippen molar-refractivity contribution in [3.05, 3.63) is 0 Å². The molecule has 1 saturated heterocycles. The molecule has 0 aromatic heterocycles. The summed E-state index contributed by atoms with van der Waals surface area (Å²) >= 11 is 0. The monoisotopic (exact) mass is 240 g/mol. The number of likely N-dealkylation sites (tertiary alicyclic amines) is 1. The first-order valence-corrected chi connectivity index (χ1v) is 7.56. The van der Waals surface area contributed by atoms with E-state index in [2.05, 4.69) is 44.8 Å². The van der Waals surface area contributed by atoms with Gasteiger partial charge in [0.25, 0.3) is 0 Å². The summed E-state index contributed by atoms with van der Waals surface area (Å²) in [5, 5.41) is 3.63. The van der Waals surface area contributed by atoms with Gasteiger partial charge in [-0.2, -0.15) is 0 Å². The molecule has 1 fully saturated rings. The SMILES string of the molecule is CCCNC(C)C(C)N1CCC(CC)(CC)C1. The van der Waals surface area contributed by atoms with Crippen LogP contribution in [0.3, 0.4) is 0 Å². The third-order valence-corrected chi connectivity index (χ3v) is 4.98. The average Bonchev–Trinajstić information content (AvgIpc) is 2.80. The molecule has 0 amide bonds. The second-order valence-corrected chi connectivity index (χ2v) is 5.91. The van der Waals surface area contributed by atoms with Crippen LogP contribution in [0.1, 0.15) is 60.3 Å². The van der Waals surface area contributed by atoms with Gasteiger partial charge < -0.3 is 5.32 Å². The summed E-state index contributed by atoms with van der Waals surface area (Å²) in [6, 6.07) is 1.28. The molecule has 1 rings (SSSR count). The van der Waals surface area contributed by atoms with Gasteiger partial charge in [0.15, 0.2) is 0 Å². The molecule has 0 aromatic rings. The Hall–Kier alpha value is -0.0800. The van der Waals surface area contributed by atoms with Crippen molar-refractivity contribution in [2.75, 3.05) is 19.6 Å². The van der Waals surface area contributed by atoms with E-state index in [9.17, 15) is 0 Å². The average molecular weight is 240 g/mol. The number of nitrogens with one attached hydrogen (secondary N) is 1. The Labute approximate surface area is 108 Å². The standard InChI is InChI=1S/C15H32N2/c1-6-10-16-13(4)14(5)17-11-9-15(7-2,8-3)12-17/h13-14,16H,6-12H2,1-5H3. The van der Waals surface area contributed by atoms with Gasteiger partial charge in [-0.3, -0.25) is 4.90 Å². The van der Waals surface area contributed by atoms with E-state index < -0.39 is 0 Å². The topological polar surface area (TPSA) is 15.3 Å². The summed E-state index contributed by atoms with van der Waals surface area (Å²) in [6.45, 7) is 15.4. The van der Waals surface area contributed by atoms with Crippen LogP contribution >= 0.6 is 0 Å². The molecular weight excluding hydrogens is 208 g/mol. The third kappa shape index (κ3) is 3.69. The maximum absolute atomic E-state index is 3.63. The Morgan fingerprint density at radius 3 is 2.29 bits per heavy atom. The Kier molecular flexibility index (Phi) is 5.94. The first kappa shape index (κ1) is 15.0. The molecule has 1 N–H and O–H groups in total. The molecular formula is C15H32N2. The lowest BCUT2D eigenvalue weighted by Gasteiger charge is -2.33. The molecule has 2 unspecified atom stereocenters. The van der Waals surface area contributed by atoms with E-state index in [4.69, 9.17) is 0 Å². The first-order valence-electron chi connectivity index (χ1n) is 7.56. The molecule has 0 radical (unpaired) electrons. The van der Waals surface area contributed by atoms with Crippen LogP contribution in [0.25, 0.3) is 0 Å². The van der Waals surface area contributed by atoms with E-state index in [0.717, 1.165) is 6.54 Å². The Morgan fingerprint density at radius 1 is 1.18 bits per heavy atom. The van der Waals surface area contributed by atoms with Gasteiger partial charge in [-0.25, -0.2) is 0 Å². The molecule has 2 nitrogen and oxygen atoms in total. The van der Waals surface area contributed by atoms with Gasteiger partial charge >= 0.3 is 0 Å². The van der Waals surface area contributed by atoms with Crippen LogP contribution in [-0.4, -0.2) is 36.6 Å². The van der Waals surface area contributed by atoms with Crippen LogP contribution in [0.4, 0.5) is 0 Å². The fourth-order valence-electron chi connectivity index (χ4n) is 3.00. The molecule has 17 heavy (non-hydrogen) atoms. The van der Waals surface area contributed by atoms with Crippen LogP contribution in [0.2, 0.25) is 0 Å². The normalized spacial score (nSPS) is 23.8. The van der Waals surface area contributed by atoms with Gasteiger partial charge in [-0.05, 0) is 58.0 Å². The van der Waals surface area contributed by atoms with Gasteiger partial charge in [0.2, 0.25) is 0 Å². The number of nitrogens with zero attached hydrogens (tertiary/aromatic N) is 1. The molecule has 2 atom stereocenters. The van der Waals surface area contributed by atoms with Crippen molar-refractivity contribution >= 4 is 0 Å². The van der Waals surface area contributed by atoms with Gasteiger partial charge in [0.1, 0.15) is 0 Å². The smallest absolute Gasteiger partial charge is 0.0218 e. The highest BCUT2D eigenvalue weighted by Crippen LogP contribution is 2.37. The summed E-state index contributed by atoms with van der Waals surface area (Å²) in [6.07, 6.45) is 5.29. The van der Waals surface area contributed by atoms with E-state index in [0.29, 0.717) is 17.5 Å². The molecule has 0 aliphatic carbocycles. The van der Waals surface area contributed by atoms with Crippen molar-refractivity contribution in [2.45, 2.75) is 72.4 Å². The zero-order chi connectivity index (χ0) is 12.9. The molecule has 0 bridgehead atoms. The molecule has 1 heterocycles. The van der Waals surface area contributed by atoms with Crippen LogP contribution in [-0.2, 0) is 0 Å². The fraction of sp³-hybridized carbons (Fsp3) is 1.00. The summed E-state index contributed by atoms with van der Waals surface area (Å²) < 4.78 is 0. The van der Waals surface area contributed by atoms with E-state index in [1.807, 2.05) is 0 Å². The minimum atomic E-state index is 0.610. The Balaban J connectivity index is 2.46. The van der Waals surface area contributed by atoms with Gasteiger partial charge in [-0.15, -0.1) is 0 Å². The maximum atomic E-state index is 3.63. The Bertz CT molecular complexity index is 211. The summed E-state index contributed by atoms with van der Waals surface area (Å²) in [4.78, 5) is 2.69. The van der Waals surface area contributed by atoms with Crippen molar-refractivity contribution < 1.29 is 0 Å². The summed E-state index contributed by atoms with van der Waals surface area (Å²) in [5.41, 5.74) is 0.610. The fourth-order valence-corrected chi connectivity index (χ4v) is 3.00. The van der Waals surface area contributed by atoms with Gasteiger partial charge in [0.05, 0.1) is 0 Å². The summed E-state index contributed by atoms with van der Waals surface area (Å²) in [7, 11) is 0. The molecule has 0 saturated carbocycles.